The van der Waals surface area contributed by atoms with Crippen molar-refractivity contribution in [2.24, 2.45) is 0 Å². The monoisotopic (exact) mass is 421 g/mol. The number of nitrogens with zero attached hydrogens (tertiary/aromatic N) is 3. The van der Waals surface area contributed by atoms with E-state index in [0.717, 1.165) is 16.7 Å². The van der Waals surface area contributed by atoms with Gasteiger partial charge in [0.25, 0.3) is 5.56 Å². The molecule has 4 rings (SSSR count). The van der Waals surface area contributed by atoms with Gasteiger partial charge in [-0.05, 0) is 43.7 Å². The molecule has 0 saturated carbocycles. The van der Waals surface area contributed by atoms with Gasteiger partial charge in [0.05, 0.1) is 11.1 Å². The minimum Gasteiger partial charge on any atom is -0.490 e. The Morgan fingerprint density at radius 3 is 2.73 bits per heavy atom. The van der Waals surface area contributed by atoms with E-state index in [1.807, 2.05) is 38.1 Å². The lowest BCUT2D eigenvalue weighted by Crippen LogP contribution is -2.23. The molecule has 0 saturated heterocycles. The van der Waals surface area contributed by atoms with Gasteiger partial charge in [-0.25, -0.2) is 0 Å². The van der Waals surface area contributed by atoms with Crippen molar-refractivity contribution in [3.63, 3.8) is 0 Å². The SMILES string of the molecule is CCOc1cc(C=c2sc3nc(-c4cccc(C)c4)nn3c2=O)ccc1OC(C)=O. The molecule has 0 fully saturated rings. The summed E-state index contributed by atoms with van der Waals surface area (Å²) >= 11 is 1.27. The molecule has 0 amide bonds. The Morgan fingerprint density at radius 2 is 2.03 bits per heavy atom. The molecule has 2 aromatic heterocycles. The van der Waals surface area contributed by atoms with Crippen molar-refractivity contribution < 1.29 is 14.3 Å². The third-order valence-corrected chi connectivity index (χ3v) is 5.24. The molecule has 30 heavy (non-hydrogen) atoms. The van der Waals surface area contributed by atoms with E-state index in [-0.39, 0.29) is 5.56 Å². The highest BCUT2D eigenvalue weighted by molar-refractivity contribution is 7.15. The lowest BCUT2D eigenvalue weighted by Gasteiger charge is -2.10. The molecule has 0 bridgehead atoms. The van der Waals surface area contributed by atoms with E-state index in [4.69, 9.17) is 9.47 Å². The molecule has 2 aromatic carbocycles. The molecule has 7 nitrogen and oxygen atoms in total. The van der Waals surface area contributed by atoms with Gasteiger partial charge in [-0.3, -0.25) is 9.59 Å². The fraction of sp³-hybridized carbons (Fsp3) is 0.182. The van der Waals surface area contributed by atoms with Gasteiger partial charge in [-0.15, -0.1) is 5.10 Å². The highest BCUT2D eigenvalue weighted by Crippen LogP contribution is 2.29. The summed E-state index contributed by atoms with van der Waals surface area (Å²) in [5, 5.41) is 4.38. The quantitative estimate of drug-likeness (QED) is 0.364. The van der Waals surface area contributed by atoms with Gasteiger partial charge in [0.2, 0.25) is 4.96 Å². The Bertz CT molecular complexity index is 1360. The van der Waals surface area contributed by atoms with E-state index in [0.29, 0.717) is 33.4 Å². The Morgan fingerprint density at radius 1 is 1.20 bits per heavy atom. The average molecular weight is 421 g/mol. The zero-order valence-corrected chi connectivity index (χ0v) is 17.5. The number of thiazole rings is 1. The number of hydrogen-bond acceptors (Lipinski definition) is 7. The molecule has 0 aliphatic carbocycles. The fourth-order valence-electron chi connectivity index (χ4n) is 3.01. The third kappa shape index (κ3) is 3.95. The molecule has 0 aliphatic heterocycles. The molecular formula is C22H19N3O4S. The fourth-order valence-corrected chi connectivity index (χ4v) is 3.92. The molecule has 8 heteroatoms. The molecule has 0 atom stereocenters. The molecule has 0 unspecified atom stereocenters. The van der Waals surface area contributed by atoms with Gasteiger partial charge >= 0.3 is 5.97 Å². The Hall–Kier alpha value is -3.52. The standard InChI is InChI=1S/C22H19N3O4S/c1-4-28-18-11-15(8-9-17(18)29-14(3)26)12-19-21(27)25-22(30-19)23-20(24-25)16-7-5-6-13(2)10-16/h5-12H,4H2,1-3H3. The molecule has 4 aromatic rings. The first-order chi connectivity index (χ1) is 14.4. The summed E-state index contributed by atoms with van der Waals surface area (Å²) in [7, 11) is 0. The number of aryl methyl sites for hydroxylation is 1. The van der Waals surface area contributed by atoms with Gasteiger partial charge in [-0.1, -0.05) is 41.2 Å². The van der Waals surface area contributed by atoms with Crippen LogP contribution in [0, 0.1) is 6.92 Å². The maximum absolute atomic E-state index is 12.8. The third-order valence-electron chi connectivity index (χ3n) is 4.28. The van der Waals surface area contributed by atoms with Crippen LogP contribution in [0.15, 0.2) is 47.3 Å². The second kappa shape index (κ2) is 8.08. The maximum atomic E-state index is 12.8. The summed E-state index contributed by atoms with van der Waals surface area (Å²) < 4.78 is 12.6. The number of esters is 1. The van der Waals surface area contributed by atoms with E-state index in [2.05, 4.69) is 10.1 Å². The zero-order chi connectivity index (χ0) is 21.3. The second-order valence-electron chi connectivity index (χ2n) is 6.65. The van der Waals surface area contributed by atoms with Crippen molar-refractivity contribution in [1.82, 2.24) is 14.6 Å². The first-order valence-corrected chi connectivity index (χ1v) is 10.2. The Balaban J connectivity index is 1.73. The van der Waals surface area contributed by atoms with Gasteiger partial charge in [-0.2, -0.15) is 9.50 Å². The van der Waals surface area contributed by atoms with Crippen LogP contribution < -0.4 is 19.6 Å². The van der Waals surface area contributed by atoms with Crippen LogP contribution in [0.4, 0.5) is 0 Å². The first kappa shape index (κ1) is 19.8. The number of carbonyl (C=O) groups excluding carboxylic acids is 1. The number of aromatic nitrogens is 3. The number of ether oxygens (including phenoxy) is 2. The molecular weight excluding hydrogens is 402 g/mol. The van der Waals surface area contributed by atoms with Gasteiger partial charge in [0.15, 0.2) is 17.3 Å². The van der Waals surface area contributed by atoms with E-state index in [1.54, 1.807) is 24.3 Å². The van der Waals surface area contributed by atoms with E-state index < -0.39 is 5.97 Å². The largest absolute Gasteiger partial charge is 0.490 e. The van der Waals surface area contributed by atoms with Crippen LogP contribution >= 0.6 is 11.3 Å². The molecule has 2 heterocycles. The Labute approximate surface area is 176 Å². The molecule has 0 aliphatic rings. The minimum absolute atomic E-state index is 0.233. The van der Waals surface area contributed by atoms with Crippen molar-refractivity contribution >= 4 is 28.3 Å². The molecule has 0 radical (unpaired) electrons. The van der Waals surface area contributed by atoms with Crippen molar-refractivity contribution in [1.29, 1.82) is 0 Å². The molecule has 0 N–H and O–H groups in total. The summed E-state index contributed by atoms with van der Waals surface area (Å²) in [4.78, 5) is 29.1. The van der Waals surface area contributed by atoms with Crippen LogP contribution in [0.2, 0.25) is 0 Å². The van der Waals surface area contributed by atoms with Crippen molar-refractivity contribution in [3.05, 3.63) is 68.5 Å². The van der Waals surface area contributed by atoms with E-state index >= 15 is 0 Å². The number of fused-ring (bicyclic) bond motifs is 1. The summed E-state index contributed by atoms with van der Waals surface area (Å²) in [6.45, 7) is 5.59. The topological polar surface area (TPSA) is 82.8 Å². The van der Waals surface area contributed by atoms with Crippen molar-refractivity contribution in [2.75, 3.05) is 6.61 Å². The zero-order valence-electron chi connectivity index (χ0n) is 16.7. The Kier molecular flexibility index (Phi) is 5.33. The summed E-state index contributed by atoms with van der Waals surface area (Å²) in [5.74, 6) is 0.881. The number of carbonyl (C=O) groups is 1. The van der Waals surface area contributed by atoms with Crippen LogP contribution in [-0.4, -0.2) is 27.2 Å². The van der Waals surface area contributed by atoms with Gasteiger partial charge in [0.1, 0.15) is 0 Å². The first-order valence-electron chi connectivity index (χ1n) is 9.38. The lowest BCUT2D eigenvalue weighted by atomic mass is 10.1. The highest BCUT2D eigenvalue weighted by atomic mass is 32.1. The van der Waals surface area contributed by atoms with Crippen LogP contribution in [0.25, 0.3) is 22.4 Å². The van der Waals surface area contributed by atoms with Crippen molar-refractivity contribution in [3.8, 4) is 22.9 Å². The van der Waals surface area contributed by atoms with Crippen LogP contribution in [0.1, 0.15) is 25.0 Å². The molecule has 0 spiro atoms. The van der Waals surface area contributed by atoms with Crippen LogP contribution in [0.5, 0.6) is 11.5 Å². The minimum atomic E-state index is -0.426. The summed E-state index contributed by atoms with van der Waals surface area (Å²) in [5.41, 5.74) is 2.49. The summed E-state index contributed by atoms with van der Waals surface area (Å²) in [6, 6.07) is 13.0. The van der Waals surface area contributed by atoms with Gasteiger partial charge in [0, 0.05) is 12.5 Å². The predicted molar refractivity (Wildman–Crippen MR) is 115 cm³/mol. The van der Waals surface area contributed by atoms with Crippen molar-refractivity contribution in [2.45, 2.75) is 20.8 Å². The smallest absolute Gasteiger partial charge is 0.308 e. The van der Waals surface area contributed by atoms with E-state index in [9.17, 15) is 9.59 Å². The van der Waals surface area contributed by atoms with Crippen LogP contribution in [0.3, 0.4) is 0 Å². The average Bonchev–Trinajstić information content (AvgIpc) is 3.24. The second-order valence-corrected chi connectivity index (χ2v) is 7.66. The summed E-state index contributed by atoms with van der Waals surface area (Å²) in [6.07, 6.45) is 1.75. The predicted octanol–water partition coefficient (Wildman–Crippen LogP) is 3.00. The molecule has 152 valence electrons. The number of rotatable bonds is 5. The highest BCUT2D eigenvalue weighted by Gasteiger charge is 2.13. The lowest BCUT2D eigenvalue weighted by molar-refractivity contribution is -0.132. The maximum Gasteiger partial charge on any atom is 0.308 e. The van der Waals surface area contributed by atoms with Crippen LogP contribution in [-0.2, 0) is 4.79 Å². The normalized spacial score (nSPS) is 11.8. The number of hydrogen-bond donors (Lipinski definition) is 0. The van der Waals surface area contributed by atoms with Gasteiger partial charge < -0.3 is 9.47 Å². The number of benzene rings is 2. The van der Waals surface area contributed by atoms with E-state index in [1.165, 1.54) is 22.8 Å².